The van der Waals surface area contributed by atoms with Gasteiger partial charge in [-0.05, 0) is 38.0 Å². The monoisotopic (exact) mass is 128 g/mol. The molecule has 54 valence electrons. The molecule has 1 N–H and O–H groups in total. The van der Waals surface area contributed by atoms with E-state index >= 15 is 0 Å². The molecule has 0 heterocycles. The van der Waals surface area contributed by atoms with Crippen LogP contribution >= 0.6 is 0 Å². The van der Waals surface area contributed by atoms with Crippen molar-refractivity contribution in [3.8, 4) is 0 Å². The average molecular weight is 128 g/mol. The van der Waals surface area contributed by atoms with Gasteiger partial charge in [-0.1, -0.05) is 6.92 Å². The summed E-state index contributed by atoms with van der Waals surface area (Å²) in [6.07, 6.45) is 3.61. The van der Waals surface area contributed by atoms with Crippen molar-refractivity contribution in [2.45, 2.75) is 39.2 Å². The van der Waals surface area contributed by atoms with Crippen molar-refractivity contribution in [1.82, 2.24) is 0 Å². The fraction of sp³-hybridized carbons (Fsp3) is 1.00. The second kappa shape index (κ2) is 2.70. The van der Waals surface area contributed by atoms with Crippen LogP contribution in [0, 0.1) is 11.8 Å². The van der Waals surface area contributed by atoms with Gasteiger partial charge < -0.3 is 5.11 Å². The first-order valence-electron chi connectivity index (χ1n) is 3.86. The Morgan fingerprint density at radius 1 is 1.56 bits per heavy atom. The average Bonchev–Trinajstić information content (AvgIpc) is 1.60. The van der Waals surface area contributed by atoms with Gasteiger partial charge in [-0.15, -0.1) is 0 Å². The summed E-state index contributed by atoms with van der Waals surface area (Å²) in [7, 11) is 0. The van der Waals surface area contributed by atoms with Gasteiger partial charge in [-0.25, -0.2) is 0 Å². The molecule has 0 aromatic rings. The highest BCUT2D eigenvalue weighted by atomic mass is 16.3. The molecule has 0 aromatic carbocycles. The number of hydrogen-bond acceptors (Lipinski definition) is 1. The minimum Gasteiger partial charge on any atom is -0.393 e. The molecule has 0 amide bonds. The van der Waals surface area contributed by atoms with E-state index in [1.165, 1.54) is 12.8 Å². The molecule has 0 radical (unpaired) electrons. The van der Waals surface area contributed by atoms with Gasteiger partial charge in [0.15, 0.2) is 0 Å². The lowest BCUT2D eigenvalue weighted by Gasteiger charge is -2.33. The van der Waals surface area contributed by atoms with E-state index < -0.39 is 0 Å². The van der Waals surface area contributed by atoms with Crippen LogP contribution in [0.3, 0.4) is 0 Å². The van der Waals surface area contributed by atoms with Crippen molar-refractivity contribution in [2.75, 3.05) is 0 Å². The number of hydrogen-bond donors (Lipinski definition) is 1. The standard InChI is InChI=1S/C8H16O/c1-6-3-8(4-6)5-7(2)9/h6-9H,3-5H2,1-2H3. The van der Waals surface area contributed by atoms with E-state index in [4.69, 9.17) is 5.11 Å². The van der Waals surface area contributed by atoms with E-state index in [0.29, 0.717) is 0 Å². The predicted molar refractivity (Wildman–Crippen MR) is 38.2 cm³/mol. The summed E-state index contributed by atoms with van der Waals surface area (Å²) in [5, 5.41) is 8.97. The van der Waals surface area contributed by atoms with E-state index in [1.54, 1.807) is 0 Å². The molecule has 1 heteroatoms. The Balaban J connectivity index is 2.04. The van der Waals surface area contributed by atoms with E-state index in [1.807, 2.05) is 6.92 Å². The molecule has 0 aliphatic heterocycles. The molecular formula is C8H16O. The van der Waals surface area contributed by atoms with E-state index in [2.05, 4.69) is 6.92 Å². The lowest BCUT2D eigenvalue weighted by atomic mass is 9.74. The van der Waals surface area contributed by atoms with E-state index in [9.17, 15) is 0 Å². The van der Waals surface area contributed by atoms with Crippen LogP contribution in [0.2, 0.25) is 0 Å². The Morgan fingerprint density at radius 3 is 2.44 bits per heavy atom. The summed E-state index contributed by atoms with van der Waals surface area (Å²) in [5.74, 6) is 1.76. The van der Waals surface area contributed by atoms with Gasteiger partial charge in [0.1, 0.15) is 0 Å². The summed E-state index contributed by atoms with van der Waals surface area (Å²) in [5.41, 5.74) is 0. The zero-order valence-electron chi connectivity index (χ0n) is 6.30. The molecule has 0 aromatic heterocycles. The van der Waals surface area contributed by atoms with Crippen LogP contribution in [0.1, 0.15) is 33.1 Å². The summed E-state index contributed by atoms with van der Waals surface area (Å²) >= 11 is 0. The maximum atomic E-state index is 8.97. The minimum absolute atomic E-state index is 0.0810. The topological polar surface area (TPSA) is 20.2 Å². The minimum atomic E-state index is -0.0810. The molecule has 1 aliphatic rings. The number of aliphatic hydroxyl groups is 1. The van der Waals surface area contributed by atoms with Gasteiger partial charge >= 0.3 is 0 Å². The van der Waals surface area contributed by atoms with Crippen molar-refractivity contribution in [3.05, 3.63) is 0 Å². The third-order valence-electron chi connectivity index (χ3n) is 2.15. The second-order valence-electron chi connectivity index (χ2n) is 3.53. The molecule has 0 spiro atoms. The summed E-state index contributed by atoms with van der Waals surface area (Å²) in [6.45, 7) is 4.15. The Kier molecular flexibility index (Phi) is 2.12. The maximum Gasteiger partial charge on any atom is 0.0514 e. The van der Waals surface area contributed by atoms with Crippen LogP contribution in [0.5, 0.6) is 0 Å². The first-order valence-corrected chi connectivity index (χ1v) is 3.86. The highest BCUT2D eigenvalue weighted by Crippen LogP contribution is 2.35. The van der Waals surface area contributed by atoms with Crippen molar-refractivity contribution in [1.29, 1.82) is 0 Å². The summed E-state index contributed by atoms with van der Waals surface area (Å²) < 4.78 is 0. The molecule has 0 saturated heterocycles. The van der Waals surface area contributed by atoms with Crippen LogP contribution in [0.25, 0.3) is 0 Å². The number of rotatable bonds is 2. The SMILES string of the molecule is CC(O)CC1CC(C)C1. The molecule has 9 heavy (non-hydrogen) atoms. The van der Waals surface area contributed by atoms with Gasteiger partial charge in [0.25, 0.3) is 0 Å². The third kappa shape index (κ3) is 1.98. The molecule has 0 bridgehead atoms. The largest absolute Gasteiger partial charge is 0.393 e. The molecule has 1 saturated carbocycles. The third-order valence-corrected chi connectivity index (χ3v) is 2.15. The molecule has 1 nitrogen and oxygen atoms in total. The fourth-order valence-electron chi connectivity index (χ4n) is 1.74. The number of aliphatic hydroxyl groups excluding tert-OH is 1. The fourth-order valence-corrected chi connectivity index (χ4v) is 1.74. The molecule has 1 unspecified atom stereocenters. The molecular weight excluding hydrogens is 112 g/mol. The normalized spacial score (nSPS) is 37.7. The predicted octanol–water partition coefficient (Wildman–Crippen LogP) is 1.80. The first-order chi connectivity index (χ1) is 4.18. The Labute approximate surface area is 57.1 Å². The van der Waals surface area contributed by atoms with Crippen LogP contribution in [-0.2, 0) is 0 Å². The van der Waals surface area contributed by atoms with Gasteiger partial charge in [0, 0.05) is 0 Å². The summed E-state index contributed by atoms with van der Waals surface area (Å²) in [4.78, 5) is 0. The Hall–Kier alpha value is -0.0400. The smallest absolute Gasteiger partial charge is 0.0514 e. The maximum absolute atomic E-state index is 8.97. The zero-order chi connectivity index (χ0) is 6.85. The first kappa shape index (κ1) is 7.07. The van der Waals surface area contributed by atoms with E-state index in [-0.39, 0.29) is 6.10 Å². The quantitative estimate of drug-likeness (QED) is 0.601. The van der Waals surface area contributed by atoms with Crippen LogP contribution in [0.4, 0.5) is 0 Å². The van der Waals surface area contributed by atoms with Crippen molar-refractivity contribution in [3.63, 3.8) is 0 Å². The zero-order valence-corrected chi connectivity index (χ0v) is 6.30. The Bertz CT molecular complexity index is 82.6. The summed E-state index contributed by atoms with van der Waals surface area (Å²) in [6, 6.07) is 0. The van der Waals surface area contributed by atoms with Crippen molar-refractivity contribution in [2.24, 2.45) is 11.8 Å². The van der Waals surface area contributed by atoms with Gasteiger partial charge in [-0.2, -0.15) is 0 Å². The van der Waals surface area contributed by atoms with E-state index in [0.717, 1.165) is 18.3 Å². The molecule has 1 atom stereocenters. The molecule has 1 fully saturated rings. The second-order valence-corrected chi connectivity index (χ2v) is 3.53. The van der Waals surface area contributed by atoms with Crippen LogP contribution in [0.15, 0.2) is 0 Å². The highest BCUT2D eigenvalue weighted by Gasteiger charge is 2.25. The lowest BCUT2D eigenvalue weighted by molar-refractivity contribution is 0.106. The lowest BCUT2D eigenvalue weighted by Crippen LogP contribution is -2.24. The molecule has 1 rings (SSSR count). The highest BCUT2D eigenvalue weighted by molar-refractivity contribution is 4.77. The van der Waals surface area contributed by atoms with Gasteiger partial charge in [0.2, 0.25) is 0 Å². The van der Waals surface area contributed by atoms with Crippen molar-refractivity contribution >= 4 is 0 Å². The Morgan fingerprint density at radius 2 is 2.11 bits per heavy atom. The van der Waals surface area contributed by atoms with Crippen LogP contribution < -0.4 is 0 Å². The molecule has 1 aliphatic carbocycles. The van der Waals surface area contributed by atoms with Gasteiger partial charge in [-0.3, -0.25) is 0 Å². The van der Waals surface area contributed by atoms with Crippen molar-refractivity contribution < 1.29 is 5.11 Å². The van der Waals surface area contributed by atoms with Crippen LogP contribution in [-0.4, -0.2) is 11.2 Å². The van der Waals surface area contributed by atoms with Gasteiger partial charge in [0.05, 0.1) is 6.10 Å².